The summed E-state index contributed by atoms with van der Waals surface area (Å²) in [7, 11) is 4.06. The number of rotatable bonds is 6. The van der Waals surface area contributed by atoms with Crippen LogP contribution in [0.1, 0.15) is 5.56 Å². The van der Waals surface area contributed by atoms with Crippen LogP contribution in [-0.2, 0) is 6.54 Å². The van der Waals surface area contributed by atoms with E-state index in [0.717, 1.165) is 33.8 Å². The van der Waals surface area contributed by atoms with Crippen molar-refractivity contribution in [2.45, 2.75) is 6.54 Å². The Hall–Kier alpha value is -3.08. The Balaban J connectivity index is 1.65. The van der Waals surface area contributed by atoms with Crippen molar-refractivity contribution in [3.8, 4) is 22.5 Å². The predicted molar refractivity (Wildman–Crippen MR) is 131 cm³/mol. The van der Waals surface area contributed by atoms with Crippen molar-refractivity contribution in [2.24, 2.45) is 0 Å². The van der Waals surface area contributed by atoms with Crippen LogP contribution in [0.2, 0.25) is 10.0 Å². The van der Waals surface area contributed by atoms with Crippen molar-refractivity contribution in [1.82, 2.24) is 9.97 Å². The molecular weight excluding hydrogens is 427 g/mol. The first-order valence-electron chi connectivity index (χ1n) is 9.89. The zero-order valence-electron chi connectivity index (χ0n) is 17.3. The molecule has 4 aromatic rings. The SMILES string of the molecule is CN(C)c1ccc(CNc2nc(-c3ccc(Cl)cc3)cc(-c3ccc(Cl)cc3)n2)cc1. The van der Waals surface area contributed by atoms with E-state index in [-0.39, 0.29) is 0 Å². The number of aromatic nitrogens is 2. The van der Waals surface area contributed by atoms with Crippen molar-refractivity contribution in [3.05, 3.63) is 94.5 Å². The van der Waals surface area contributed by atoms with Gasteiger partial charge in [0.05, 0.1) is 11.4 Å². The highest BCUT2D eigenvalue weighted by molar-refractivity contribution is 6.30. The largest absolute Gasteiger partial charge is 0.378 e. The summed E-state index contributed by atoms with van der Waals surface area (Å²) in [5, 5.41) is 4.74. The molecule has 0 aliphatic rings. The molecule has 0 saturated heterocycles. The molecular formula is C25H22Cl2N4. The normalized spacial score (nSPS) is 10.7. The van der Waals surface area contributed by atoms with Crippen LogP contribution in [0.4, 0.5) is 11.6 Å². The number of halogens is 2. The average molecular weight is 449 g/mol. The quantitative estimate of drug-likeness (QED) is 0.352. The molecule has 0 aliphatic heterocycles. The number of benzene rings is 3. The van der Waals surface area contributed by atoms with Crippen molar-refractivity contribution in [2.75, 3.05) is 24.3 Å². The Kier molecular flexibility index (Phi) is 6.40. The molecule has 156 valence electrons. The van der Waals surface area contributed by atoms with Crippen LogP contribution < -0.4 is 10.2 Å². The van der Waals surface area contributed by atoms with Gasteiger partial charge in [-0.15, -0.1) is 0 Å². The Morgan fingerprint density at radius 2 is 1.19 bits per heavy atom. The summed E-state index contributed by atoms with van der Waals surface area (Å²) >= 11 is 12.1. The molecule has 4 nitrogen and oxygen atoms in total. The molecule has 0 atom stereocenters. The maximum Gasteiger partial charge on any atom is 0.224 e. The fourth-order valence-electron chi connectivity index (χ4n) is 3.16. The third-order valence-electron chi connectivity index (χ3n) is 4.91. The molecule has 0 bridgehead atoms. The monoisotopic (exact) mass is 448 g/mol. The van der Waals surface area contributed by atoms with Crippen molar-refractivity contribution in [3.63, 3.8) is 0 Å². The topological polar surface area (TPSA) is 41.0 Å². The van der Waals surface area contributed by atoms with E-state index in [2.05, 4.69) is 34.5 Å². The van der Waals surface area contributed by atoms with Crippen LogP contribution in [0.15, 0.2) is 78.9 Å². The maximum absolute atomic E-state index is 6.06. The van der Waals surface area contributed by atoms with E-state index < -0.39 is 0 Å². The number of anilines is 2. The number of hydrogen-bond donors (Lipinski definition) is 1. The van der Waals surface area contributed by atoms with Crippen LogP contribution in [0, 0.1) is 0 Å². The summed E-state index contributed by atoms with van der Waals surface area (Å²) in [6, 6.07) is 25.7. The van der Waals surface area contributed by atoms with Gasteiger partial charge in [-0.1, -0.05) is 59.6 Å². The summed E-state index contributed by atoms with van der Waals surface area (Å²) in [6.45, 7) is 0.623. The first-order chi connectivity index (χ1) is 15.0. The summed E-state index contributed by atoms with van der Waals surface area (Å²) in [5.41, 5.74) is 5.90. The molecule has 0 saturated carbocycles. The fourth-order valence-corrected chi connectivity index (χ4v) is 3.41. The molecule has 31 heavy (non-hydrogen) atoms. The first kappa shape index (κ1) is 21.2. The zero-order valence-corrected chi connectivity index (χ0v) is 18.8. The van der Waals surface area contributed by atoms with E-state index >= 15 is 0 Å². The fraction of sp³-hybridized carbons (Fsp3) is 0.120. The van der Waals surface area contributed by atoms with Gasteiger partial charge in [-0.2, -0.15) is 0 Å². The van der Waals surface area contributed by atoms with E-state index in [1.165, 1.54) is 0 Å². The van der Waals surface area contributed by atoms with Gasteiger partial charge in [-0.3, -0.25) is 0 Å². The van der Waals surface area contributed by atoms with Gasteiger partial charge in [0.2, 0.25) is 5.95 Å². The average Bonchev–Trinajstić information content (AvgIpc) is 2.79. The number of hydrogen-bond acceptors (Lipinski definition) is 4. The highest BCUT2D eigenvalue weighted by Crippen LogP contribution is 2.27. The Labute approximate surface area is 192 Å². The highest BCUT2D eigenvalue weighted by Gasteiger charge is 2.09. The van der Waals surface area contributed by atoms with E-state index in [1.54, 1.807) is 0 Å². The zero-order chi connectivity index (χ0) is 21.8. The van der Waals surface area contributed by atoms with Gasteiger partial charge < -0.3 is 10.2 Å². The molecule has 3 aromatic carbocycles. The molecule has 4 rings (SSSR count). The molecule has 1 heterocycles. The lowest BCUT2D eigenvalue weighted by molar-refractivity contribution is 1.05. The molecule has 0 aliphatic carbocycles. The Bertz CT molecular complexity index is 1090. The molecule has 0 fully saturated rings. The van der Waals surface area contributed by atoms with Crippen LogP contribution in [0.25, 0.3) is 22.5 Å². The molecule has 0 unspecified atom stereocenters. The minimum Gasteiger partial charge on any atom is -0.378 e. The molecule has 0 amide bonds. The third-order valence-corrected chi connectivity index (χ3v) is 5.41. The van der Waals surface area contributed by atoms with Crippen LogP contribution in [0.3, 0.4) is 0 Å². The van der Waals surface area contributed by atoms with E-state index in [4.69, 9.17) is 33.2 Å². The molecule has 1 N–H and O–H groups in total. The molecule has 0 radical (unpaired) electrons. The summed E-state index contributed by atoms with van der Waals surface area (Å²) in [5.74, 6) is 0.564. The second-order valence-corrected chi connectivity index (χ2v) is 8.26. The molecule has 6 heteroatoms. The minimum absolute atomic E-state index is 0.564. The standard InChI is InChI=1S/C25H22Cl2N4/c1-31(2)22-13-3-17(4-14-22)16-28-25-29-23(18-5-9-20(26)10-6-18)15-24(30-25)19-7-11-21(27)12-8-19/h3-15H,16H2,1-2H3,(H,28,29,30). The van der Waals surface area contributed by atoms with Crippen molar-refractivity contribution >= 4 is 34.8 Å². The summed E-state index contributed by atoms with van der Waals surface area (Å²) < 4.78 is 0. The van der Waals surface area contributed by atoms with Crippen LogP contribution in [0.5, 0.6) is 0 Å². The van der Waals surface area contributed by atoms with Gasteiger partial charge in [-0.05, 0) is 48.0 Å². The lowest BCUT2D eigenvalue weighted by Crippen LogP contribution is -2.09. The molecule has 1 aromatic heterocycles. The second kappa shape index (κ2) is 9.38. The first-order valence-corrected chi connectivity index (χ1v) is 10.6. The van der Waals surface area contributed by atoms with E-state index in [9.17, 15) is 0 Å². The second-order valence-electron chi connectivity index (χ2n) is 7.39. The van der Waals surface area contributed by atoms with Gasteiger partial charge in [-0.25, -0.2) is 9.97 Å². The highest BCUT2D eigenvalue weighted by atomic mass is 35.5. The van der Waals surface area contributed by atoms with Crippen molar-refractivity contribution < 1.29 is 0 Å². The lowest BCUT2D eigenvalue weighted by atomic mass is 10.1. The number of nitrogens with zero attached hydrogens (tertiary/aromatic N) is 3. The smallest absolute Gasteiger partial charge is 0.224 e. The Morgan fingerprint density at radius 1 is 0.710 bits per heavy atom. The van der Waals surface area contributed by atoms with E-state index in [0.29, 0.717) is 22.5 Å². The summed E-state index contributed by atoms with van der Waals surface area (Å²) in [6.07, 6.45) is 0. The Morgan fingerprint density at radius 3 is 1.65 bits per heavy atom. The predicted octanol–water partition coefficient (Wildman–Crippen LogP) is 6.80. The van der Waals surface area contributed by atoms with Gasteiger partial charge in [0.25, 0.3) is 0 Å². The minimum atomic E-state index is 0.564. The lowest BCUT2D eigenvalue weighted by Gasteiger charge is -2.13. The van der Waals surface area contributed by atoms with Gasteiger partial charge in [0.15, 0.2) is 0 Å². The third kappa shape index (κ3) is 5.35. The van der Waals surface area contributed by atoms with E-state index in [1.807, 2.05) is 68.7 Å². The number of nitrogens with one attached hydrogen (secondary N) is 1. The van der Waals surface area contributed by atoms with Gasteiger partial charge in [0.1, 0.15) is 0 Å². The molecule has 0 spiro atoms. The van der Waals surface area contributed by atoms with Crippen LogP contribution >= 0.6 is 23.2 Å². The van der Waals surface area contributed by atoms with Gasteiger partial charge in [0, 0.05) is 47.5 Å². The van der Waals surface area contributed by atoms with Gasteiger partial charge >= 0.3 is 0 Å². The van der Waals surface area contributed by atoms with Crippen LogP contribution in [-0.4, -0.2) is 24.1 Å². The van der Waals surface area contributed by atoms with Crippen molar-refractivity contribution in [1.29, 1.82) is 0 Å². The summed E-state index contributed by atoms with van der Waals surface area (Å²) in [4.78, 5) is 11.6. The maximum atomic E-state index is 6.06.